The van der Waals surface area contributed by atoms with Gasteiger partial charge in [-0.1, -0.05) is 133 Å². The maximum atomic E-state index is 2.42. The van der Waals surface area contributed by atoms with Crippen LogP contribution in [0.5, 0.6) is 0 Å². The lowest BCUT2D eigenvalue weighted by molar-refractivity contribution is 1.30. The Bertz CT molecular complexity index is 3190. The molecule has 0 N–H and O–H groups in total. The molecule has 0 amide bonds. The molecule has 0 aliphatic rings. The second-order valence-electron chi connectivity index (χ2n) is 14.1. The van der Waals surface area contributed by atoms with Crippen LogP contribution in [0.4, 0.5) is 34.1 Å². The van der Waals surface area contributed by atoms with Crippen LogP contribution < -0.4 is 9.80 Å². The number of thiophene rings is 2. The third-order valence-electron chi connectivity index (χ3n) is 10.8. The number of fused-ring (bicyclic) bond motifs is 8. The predicted octanol–water partition coefficient (Wildman–Crippen LogP) is 16.2. The molecule has 0 aliphatic heterocycles. The molecular weight excluding hydrogens is 717 g/mol. The molecule has 11 rings (SSSR count). The fourth-order valence-electron chi connectivity index (χ4n) is 8.21. The molecule has 2 heterocycles. The highest BCUT2D eigenvalue weighted by atomic mass is 32.1. The molecule has 0 spiro atoms. The maximum Gasteiger partial charge on any atom is 0.0547 e. The molecule has 0 bridgehead atoms. The van der Waals surface area contributed by atoms with Crippen LogP contribution >= 0.6 is 22.7 Å². The van der Waals surface area contributed by atoms with E-state index in [0.29, 0.717) is 0 Å². The van der Waals surface area contributed by atoms with Crippen molar-refractivity contribution >= 4 is 108 Å². The van der Waals surface area contributed by atoms with Crippen LogP contribution in [0, 0.1) is 0 Å². The lowest BCUT2D eigenvalue weighted by Gasteiger charge is -2.27. The van der Waals surface area contributed by atoms with Crippen LogP contribution in [0.2, 0.25) is 0 Å². The molecule has 0 fully saturated rings. The number of anilines is 6. The van der Waals surface area contributed by atoms with Gasteiger partial charge in [0.05, 0.1) is 5.69 Å². The summed E-state index contributed by atoms with van der Waals surface area (Å²) in [4.78, 5) is 4.81. The average Bonchev–Trinajstić information content (AvgIpc) is 3.83. The topological polar surface area (TPSA) is 6.48 Å². The van der Waals surface area contributed by atoms with Gasteiger partial charge < -0.3 is 9.80 Å². The van der Waals surface area contributed by atoms with Crippen LogP contribution in [-0.2, 0) is 0 Å². The van der Waals surface area contributed by atoms with E-state index in [0.717, 1.165) is 34.1 Å². The van der Waals surface area contributed by atoms with Crippen LogP contribution in [0.3, 0.4) is 0 Å². The van der Waals surface area contributed by atoms with Gasteiger partial charge in [0.1, 0.15) is 0 Å². The van der Waals surface area contributed by atoms with Gasteiger partial charge >= 0.3 is 0 Å². The molecule has 2 nitrogen and oxygen atoms in total. The number of rotatable bonds is 7. The Morgan fingerprint density at radius 1 is 0.268 bits per heavy atom. The van der Waals surface area contributed by atoms with Crippen LogP contribution in [0.1, 0.15) is 0 Å². The highest BCUT2D eigenvalue weighted by Gasteiger charge is 2.21. The summed E-state index contributed by atoms with van der Waals surface area (Å²) >= 11 is 3.75. The zero-order valence-electron chi connectivity index (χ0n) is 30.3. The normalized spacial score (nSPS) is 11.6. The standard InChI is InChI=1S/C52H34N2S2/c1-4-14-35(15-5-1)36-24-26-39(27-25-36)54(38-18-8-3-9-19-38)48-34-47-45-31-29-41(33-51(45)56-52(47)46-22-11-10-20-42(46)48)53(37-16-6-2-7-17-37)40-28-30-44-43-21-12-13-23-49(43)55-50(44)32-40/h1-34H. The lowest BCUT2D eigenvalue weighted by Crippen LogP contribution is -2.10. The van der Waals surface area contributed by atoms with E-state index in [9.17, 15) is 0 Å². The smallest absolute Gasteiger partial charge is 0.0547 e. The van der Waals surface area contributed by atoms with Crippen LogP contribution in [0.25, 0.3) is 62.2 Å². The van der Waals surface area contributed by atoms with E-state index in [2.05, 4.69) is 216 Å². The molecule has 0 radical (unpaired) electrons. The summed E-state index contributed by atoms with van der Waals surface area (Å²) in [6, 6.07) is 75.0. The molecule has 0 aliphatic carbocycles. The van der Waals surface area contributed by atoms with E-state index >= 15 is 0 Å². The third kappa shape index (κ3) is 5.53. The third-order valence-corrected chi connectivity index (χ3v) is 13.2. The summed E-state index contributed by atoms with van der Waals surface area (Å²) in [5.41, 5.74) is 9.26. The molecule has 0 atom stereocenters. The number of para-hydroxylation sites is 2. The van der Waals surface area contributed by atoms with E-state index in [1.807, 2.05) is 22.7 Å². The van der Waals surface area contributed by atoms with Crippen molar-refractivity contribution in [3.63, 3.8) is 0 Å². The second kappa shape index (κ2) is 13.5. The minimum Gasteiger partial charge on any atom is -0.310 e. The first-order valence-corrected chi connectivity index (χ1v) is 20.6. The quantitative estimate of drug-likeness (QED) is 0.160. The van der Waals surface area contributed by atoms with Crippen molar-refractivity contribution in [3.8, 4) is 11.1 Å². The molecule has 0 saturated carbocycles. The SMILES string of the molecule is c1ccc(-c2ccc(N(c3ccccc3)c3cc4c5ccc(N(c6ccccc6)c6ccc7c(c6)sc6ccccc67)cc5sc4c4ccccc34)cc2)cc1. The Balaban J connectivity index is 1.08. The Kier molecular flexibility index (Phi) is 7.90. The van der Waals surface area contributed by atoms with Crippen LogP contribution in [0.15, 0.2) is 206 Å². The minimum atomic E-state index is 1.12. The largest absolute Gasteiger partial charge is 0.310 e. The molecular formula is C52H34N2S2. The van der Waals surface area contributed by atoms with Crippen molar-refractivity contribution in [1.82, 2.24) is 0 Å². The van der Waals surface area contributed by atoms with Crippen molar-refractivity contribution in [2.45, 2.75) is 0 Å². The fourth-order valence-corrected chi connectivity index (χ4v) is 10.6. The minimum absolute atomic E-state index is 1.12. The summed E-state index contributed by atoms with van der Waals surface area (Å²) < 4.78 is 5.19. The second-order valence-corrected chi connectivity index (χ2v) is 16.3. The van der Waals surface area contributed by atoms with Gasteiger partial charge in [0.2, 0.25) is 0 Å². The Labute approximate surface area is 333 Å². The van der Waals surface area contributed by atoms with Gasteiger partial charge in [0.25, 0.3) is 0 Å². The summed E-state index contributed by atoms with van der Waals surface area (Å²) in [6.07, 6.45) is 0. The Morgan fingerprint density at radius 2 is 0.732 bits per heavy atom. The van der Waals surface area contributed by atoms with E-state index in [-0.39, 0.29) is 0 Å². The Hall–Kier alpha value is -6.72. The van der Waals surface area contributed by atoms with Gasteiger partial charge in [-0.2, -0.15) is 0 Å². The summed E-state index contributed by atoms with van der Waals surface area (Å²) in [6.45, 7) is 0. The van der Waals surface area contributed by atoms with Crippen LogP contribution in [-0.4, -0.2) is 0 Å². The monoisotopic (exact) mass is 750 g/mol. The van der Waals surface area contributed by atoms with Crippen molar-refractivity contribution in [2.75, 3.05) is 9.80 Å². The first kappa shape index (κ1) is 32.7. The van der Waals surface area contributed by atoms with Gasteiger partial charge in [0.15, 0.2) is 0 Å². The lowest BCUT2D eigenvalue weighted by atomic mass is 10.0. The van der Waals surface area contributed by atoms with Crippen molar-refractivity contribution in [2.24, 2.45) is 0 Å². The zero-order chi connectivity index (χ0) is 37.0. The number of benzene rings is 9. The average molecular weight is 751 g/mol. The van der Waals surface area contributed by atoms with Gasteiger partial charge in [-0.25, -0.2) is 0 Å². The Morgan fingerprint density at radius 3 is 1.41 bits per heavy atom. The first-order chi connectivity index (χ1) is 27.8. The highest BCUT2D eigenvalue weighted by Crippen LogP contribution is 2.48. The van der Waals surface area contributed by atoms with Crippen molar-refractivity contribution in [3.05, 3.63) is 206 Å². The number of nitrogens with zero attached hydrogens (tertiary/aromatic N) is 2. The van der Waals surface area contributed by atoms with Gasteiger partial charge in [-0.15, -0.1) is 22.7 Å². The van der Waals surface area contributed by atoms with E-state index in [1.165, 1.54) is 62.2 Å². The molecule has 9 aromatic carbocycles. The van der Waals surface area contributed by atoms with E-state index < -0.39 is 0 Å². The molecule has 0 unspecified atom stereocenters. The van der Waals surface area contributed by atoms with E-state index in [4.69, 9.17) is 0 Å². The first-order valence-electron chi connectivity index (χ1n) is 18.9. The number of hydrogen-bond acceptors (Lipinski definition) is 4. The van der Waals surface area contributed by atoms with Crippen molar-refractivity contribution < 1.29 is 0 Å². The zero-order valence-corrected chi connectivity index (χ0v) is 32.0. The molecule has 264 valence electrons. The predicted molar refractivity (Wildman–Crippen MR) is 245 cm³/mol. The summed E-state index contributed by atoms with van der Waals surface area (Å²) in [5.74, 6) is 0. The maximum absolute atomic E-state index is 2.42. The van der Waals surface area contributed by atoms with Gasteiger partial charge in [0, 0.05) is 79.6 Å². The summed E-state index contributed by atoms with van der Waals surface area (Å²) in [7, 11) is 0. The molecule has 2 aromatic heterocycles. The molecule has 11 aromatic rings. The van der Waals surface area contributed by atoms with E-state index in [1.54, 1.807) is 0 Å². The molecule has 56 heavy (non-hydrogen) atoms. The van der Waals surface area contributed by atoms with Gasteiger partial charge in [-0.05, 0) is 83.9 Å². The number of hydrogen-bond donors (Lipinski definition) is 0. The van der Waals surface area contributed by atoms with Crippen molar-refractivity contribution in [1.29, 1.82) is 0 Å². The highest BCUT2D eigenvalue weighted by molar-refractivity contribution is 7.27. The van der Waals surface area contributed by atoms with Gasteiger partial charge in [-0.3, -0.25) is 0 Å². The fraction of sp³-hybridized carbons (Fsp3) is 0. The molecule has 4 heteroatoms. The molecule has 0 saturated heterocycles. The summed E-state index contributed by atoms with van der Waals surface area (Å²) in [5, 5.41) is 7.65.